The van der Waals surface area contributed by atoms with Gasteiger partial charge in [-0.3, -0.25) is 14.5 Å². The van der Waals surface area contributed by atoms with Crippen molar-refractivity contribution in [3.05, 3.63) is 40.8 Å². The van der Waals surface area contributed by atoms with Gasteiger partial charge in [0.1, 0.15) is 10.9 Å². The van der Waals surface area contributed by atoms with E-state index in [0.29, 0.717) is 9.23 Å². The Bertz CT molecular complexity index is 569. The molecule has 1 aliphatic heterocycles. The third kappa shape index (κ3) is 3.46. The summed E-state index contributed by atoms with van der Waals surface area (Å²) in [5.74, 6) is -0.707. The Kier molecular flexibility index (Phi) is 4.92. The zero-order chi connectivity index (χ0) is 14.5. The summed E-state index contributed by atoms with van der Waals surface area (Å²) in [5.41, 5.74) is 0.920. The summed E-state index contributed by atoms with van der Waals surface area (Å²) in [4.78, 5) is 25.4. The highest BCUT2D eigenvalue weighted by molar-refractivity contribution is 8.26. The maximum Gasteiger partial charge on any atom is 0.326 e. The van der Waals surface area contributed by atoms with Crippen molar-refractivity contribution in [2.24, 2.45) is 0 Å². The summed E-state index contributed by atoms with van der Waals surface area (Å²) < 4.78 is 5.21. The third-order valence-corrected chi connectivity index (χ3v) is 3.94. The number of esters is 1. The molecule has 0 radical (unpaired) electrons. The van der Waals surface area contributed by atoms with Gasteiger partial charge in [-0.15, -0.1) is 0 Å². The monoisotopic (exact) mass is 307 g/mol. The summed E-state index contributed by atoms with van der Waals surface area (Å²) in [7, 11) is 0. The van der Waals surface area contributed by atoms with Crippen molar-refractivity contribution in [1.29, 1.82) is 0 Å². The van der Waals surface area contributed by atoms with E-state index >= 15 is 0 Å². The fraction of sp³-hybridized carbons (Fsp3) is 0.214. The van der Waals surface area contributed by atoms with E-state index in [1.807, 2.05) is 30.3 Å². The molecule has 0 saturated carbocycles. The second-order valence-corrected chi connectivity index (χ2v) is 5.66. The molecule has 20 heavy (non-hydrogen) atoms. The van der Waals surface area contributed by atoms with Crippen molar-refractivity contribution in [2.45, 2.75) is 6.92 Å². The van der Waals surface area contributed by atoms with Crippen LogP contribution in [0.3, 0.4) is 0 Å². The van der Waals surface area contributed by atoms with E-state index in [1.54, 1.807) is 13.0 Å². The molecular weight excluding hydrogens is 294 g/mol. The number of ether oxygens (including phenoxy) is 1. The molecule has 6 heteroatoms. The summed E-state index contributed by atoms with van der Waals surface area (Å²) in [5, 5.41) is 0. The van der Waals surface area contributed by atoms with Crippen molar-refractivity contribution in [1.82, 2.24) is 4.90 Å². The minimum absolute atomic E-state index is 0.134. The van der Waals surface area contributed by atoms with E-state index in [0.717, 1.165) is 5.56 Å². The van der Waals surface area contributed by atoms with Crippen molar-refractivity contribution in [3.63, 3.8) is 0 Å². The van der Waals surface area contributed by atoms with Crippen molar-refractivity contribution in [3.8, 4) is 0 Å². The fourth-order valence-electron chi connectivity index (χ4n) is 1.67. The van der Waals surface area contributed by atoms with Crippen LogP contribution in [0, 0.1) is 0 Å². The molecule has 4 nitrogen and oxygen atoms in total. The zero-order valence-electron chi connectivity index (χ0n) is 10.9. The Balaban J connectivity index is 2.13. The molecule has 1 aromatic rings. The number of carbonyl (C=O) groups excluding carboxylic acids is 2. The topological polar surface area (TPSA) is 46.6 Å². The number of nitrogens with zero attached hydrogens (tertiary/aromatic N) is 1. The predicted molar refractivity (Wildman–Crippen MR) is 83.0 cm³/mol. The van der Waals surface area contributed by atoms with Crippen molar-refractivity contribution >= 4 is 46.3 Å². The summed E-state index contributed by atoms with van der Waals surface area (Å²) >= 11 is 6.33. The molecule has 1 amide bonds. The van der Waals surface area contributed by atoms with Crippen molar-refractivity contribution < 1.29 is 14.3 Å². The second-order valence-electron chi connectivity index (χ2n) is 3.98. The maximum absolute atomic E-state index is 12.2. The van der Waals surface area contributed by atoms with Gasteiger partial charge in [-0.1, -0.05) is 54.3 Å². The molecule has 0 spiro atoms. The number of benzene rings is 1. The van der Waals surface area contributed by atoms with E-state index in [-0.39, 0.29) is 19.1 Å². The number of thioether (sulfide) groups is 1. The van der Waals surface area contributed by atoms with Gasteiger partial charge in [-0.05, 0) is 18.6 Å². The standard InChI is InChI=1S/C14H13NO3S2/c1-2-18-12(16)9-15-13(17)11(20-14(15)19)8-10-6-4-3-5-7-10/h3-8H,2,9H2,1H3/b11-8-. The fourth-order valence-corrected chi connectivity index (χ4v) is 2.93. The van der Waals surface area contributed by atoms with Crippen molar-refractivity contribution in [2.75, 3.05) is 13.2 Å². The van der Waals surface area contributed by atoms with Crippen LogP contribution in [0.15, 0.2) is 35.2 Å². The first kappa shape index (κ1) is 14.7. The van der Waals surface area contributed by atoms with Crippen LogP contribution in [0.2, 0.25) is 0 Å². The molecule has 104 valence electrons. The van der Waals surface area contributed by atoms with E-state index in [4.69, 9.17) is 17.0 Å². The average molecular weight is 307 g/mol. The summed E-state index contributed by atoms with van der Waals surface area (Å²) in [6.45, 7) is 1.87. The maximum atomic E-state index is 12.2. The van der Waals surface area contributed by atoms with Crippen LogP contribution in [-0.4, -0.2) is 34.2 Å². The molecule has 0 aliphatic carbocycles. The van der Waals surface area contributed by atoms with E-state index in [9.17, 15) is 9.59 Å². The van der Waals surface area contributed by atoms with Gasteiger partial charge in [0, 0.05) is 0 Å². The first-order valence-electron chi connectivity index (χ1n) is 6.08. The summed E-state index contributed by atoms with van der Waals surface area (Å²) in [6, 6.07) is 9.50. The lowest BCUT2D eigenvalue weighted by Gasteiger charge is -2.12. The Morgan fingerprint density at radius 2 is 2.10 bits per heavy atom. The molecule has 0 unspecified atom stereocenters. The molecular formula is C14H13NO3S2. The average Bonchev–Trinajstić information content (AvgIpc) is 2.68. The lowest BCUT2D eigenvalue weighted by molar-refractivity contribution is -0.145. The first-order valence-corrected chi connectivity index (χ1v) is 7.30. The van der Waals surface area contributed by atoms with Crippen LogP contribution in [0.5, 0.6) is 0 Å². The number of hydrogen-bond acceptors (Lipinski definition) is 5. The van der Waals surface area contributed by atoms with Crippen LogP contribution in [0.25, 0.3) is 6.08 Å². The molecule has 1 fully saturated rings. The Morgan fingerprint density at radius 1 is 1.40 bits per heavy atom. The normalized spacial score (nSPS) is 16.9. The molecule has 0 aromatic heterocycles. The molecule has 2 rings (SSSR count). The van der Waals surface area contributed by atoms with Crippen LogP contribution in [0.4, 0.5) is 0 Å². The zero-order valence-corrected chi connectivity index (χ0v) is 12.5. The van der Waals surface area contributed by atoms with Gasteiger partial charge < -0.3 is 4.74 Å². The SMILES string of the molecule is CCOC(=O)CN1C(=O)/C(=C/c2ccccc2)SC1=S. The number of carbonyl (C=O) groups is 2. The van der Waals surface area contributed by atoms with Gasteiger partial charge >= 0.3 is 5.97 Å². The minimum Gasteiger partial charge on any atom is -0.465 e. The number of amides is 1. The lowest BCUT2D eigenvalue weighted by atomic mass is 10.2. The van der Waals surface area contributed by atoms with Gasteiger partial charge in [-0.2, -0.15) is 0 Å². The van der Waals surface area contributed by atoms with E-state index in [2.05, 4.69) is 0 Å². The Labute approximate surface area is 126 Å². The minimum atomic E-state index is -0.454. The smallest absolute Gasteiger partial charge is 0.326 e. The molecule has 0 bridgehead atoms. The largest absolute Gasteiger partial charge is 0.465 e. The van der Waals surface area contributed by atoms with Crippen LogP contribution < -0.4 is 0 Å². The number of thiocarbonyl (C=S) groups is 1. The number of hydrogen-bond donors (Lipinski definition) is 0. The van der Waals surface area contributed by atoms with E-state index < -0.39 is 5.97 Å². The second kappa shape index (κ2) is 6.67. The highest BCUT2D eigenvalue weighted by Crippen LogP contribution is 2.32. The van der Waals surface area contributed by atoms with Crippen LogP contribution in [-0.2, 0) is 14.3 Å². The van der Waals surface area contributed by atoms with Crippen LogP contribution >= 0.6 is 24.0 Å². The van der Waals surface area contributed by atoms with Gasteiger partial charge in [0.15, 0.2) is 0 Å². The first-order chi connectivity index (χ1) is 9.61. The molecule has 1 aromatic carbocycles. The highest BCUT2D eigenvalue weighted by Gasteiger charge is 2.33. The quantitative estimate of drug-likeness (QED) is 0.486. The third-order valence-electron chi connectivity index (χ3n) is 2.56. The molecule has 0 atom stereocenters. The molecule has 0 N–H and O–H groups in total. The predicted octanol–water partition coefficient (Wildman–Crippen LogP) is 2.45. The molecule has 1 heterocycles. The van der Waals surface area contributed by atoms with Gasteiger partial charge in [0.2, 0.25) is 0 Å². The van der Waals surface area contributed by atoms with Gasteiger partial charge in [0.05, 0.1) is 11.5 Å². The van der Waals surface area contributed by atoms with E-state index in [1.165, 1.54) is 16.7 Å². The van der Waals surface area contributed by atoms with Gasteiger partial charge in [0.25, 0.3) is 5.91 Å². The van der Waals surface area contributed by atoms with Crippen LogP contribution in [0.1, 0.15) is 12.5 Å². The number of rotatable bonds is 4. The molecule has 1 saturated heterocycles. The molecule has 1 aliphatic rings. The van der Waals surface area contributed by atoms with Gasteiger partial charge in [-0.25, -0.2) is 0 Å². The highest BCUT2D eigenvalue weighted by atomic mass is 32.2. The lowest BCUT2D eigenvalue weighted by Crippen LogP contribution is -2.34. The Morgan fingerprint density at radius 3 is 2.75 bits per heavy atom. The Hall–Kier alpha value is -1.66. The summed E-state index contributed by atoms with van der Waals surface area (Å²) in [6.07, 6.45) is 1.77.